The molecule has 1 aromatic heterocycles. The molecular formula is C16H27N3O3. The number of hydrogen-bond donors (Lipinski definition) is 2. The number of nitrogens with zero attached hydrogens (tertiary/aromatic N) is 2. The summed E-state index contributed by atoms with van der Waals surface area (Å²) in [5.41, 5.74) is 0.424. The topological polar surface area (TPSA) is 74.7 Å². The summed E-state index contributed by atoms with van der Waals surface area (Å²) in [4.78, 5) is 18.6. The fourth-order valence-electron chi connectivity index (χ4n) is 1.97. The van der Waals surface area contributed by atoms with Crippen molar-refractivity contribution in [2.75, 3.05) is 32.8 Å². The van der Waals surface area contributed by atoms with Crippen molar-refractivity contribution in [1.82, 2.24) is 15.2 Å². The van der Waals surface area contributed by atoms with Crippen molar-refractivity contribution in [3.8, 4) is 5.88 Å². The lowest BCUT2D eigenvalue weighted by Gasteiger charge is -2.18. The minimum atomic E-state index is -0.435. The number of likely N-dealkylation sites (N-methyl/N-ethyl adjacent to an activating group) is 1. The second-order valence-electron chi connectivity index (χ2n) is 5.13. The van der Waals surface area contributed by atoms with Crippen LogP contribution in [-0.4, -0.2) is 59.8 Å². The summed E-state index contributed by atoms with van der Waals surface area (Å²) in [5.74, 6) is 0.121. The van der Waals surface area contributed by atoms with Crippen molar-refractivity contribution in [1.29, 1.82) is 0 Å². The predicted molar refractivity (Wildman–Crippen MR) is 86.2 cm³/mol. The SMILES string of the molecule is CCN(CC)CCNC(=O)c1cccnc1OCCC(C)O. The summed E-state index contributed by atoms with van der Waals surface area (Å²) in [6, 6.07) is 3.40. The van der Waals surface area contributed by atoms with Crippen molar-refractivity contribution >= 4 is 5.91 Å². The summed E-state index contributed by atoms with van der Waals surface area (Å²) >= 11 is 0. The van der Waals surface area contributed by atoms with E-state index in [9.17, 15) is 9.90 Å². The molecule has 0 aliphatic carbocycles. The van der Waals surface area contributed by atoms with Gasteiger partial charge in [0.25, 0.3) is 5.91 Å². The number of aliphatic hydroxyl groups excluding tert-OH is 1. The summed E-state index contributed by atoms with van der Waals surface area (Å²) in [7, 11) is 0. The Kier molecular flexibility index (Phi) is 8.47. The third-order valence-electron chi connectivity index (χ3n) is 3.40. The van der Waals surface area contributed by atoms with E-state index >= 15 is 0 Å². The van der Waals surface area contributed by atoms with Crippen molar-refractivity contribution < 1.29 is 14.6 Å². The summed E-state index contributed by atoms with van der Waals surface area (Å²) < 4.78 is 5.50. The molecule has 22 heavy (non-hydrogen) atoms. The van der Waals surface area contributed by atoms with Gasteiger partial charge >= 0.3 is 0 Å². The molecule has 1 amide bonds. The van der Waals surface area contributed by atoms with Gasteiger partial charge in [-0.3, -0.25) is 4.79 Å². The molecule has 0 saturated heterocycles. The molecule has 0 bridgehead atoms. The van der Waals surface area contributed by atoms with Crippen LogP contribution < -0.4 is 10.1 Å². The van der Waals surface area contributed by atoms with Crippen molar-refractivity contribution in [3.05, 3.63) is 23.9 Å². The average Bonchev–Trinajstić information content (AvgIpc) is 2.51. The molecular weight excluding hydrogens is 282 g/mol. The highest BCUT2D eigenvalue weighted by atomic mass is 16.5. The number of hydrogen-bond acceptors (Lipinski definition) is 5. The van der Waals surface area contributed by atoms with Crippen LogP contribution in [0.2, 0.25) is 0 Å². The molecule has 0 fully saturated rings. The zero-order chi connectivity index (χ0) is 16.4. The van der Waals surface area contributed by atoms with Crippen LogP contribution in [0.3, 0.4) is 0 Å². The van der Waals surface area contributed by atoms with Gasteiger partial charge in [0.1, 0.15) is 5.56 Å². The molecule has 0 radical (unpaired) electrons. The van der Waals surface area contributed by atoms with Gasteiger partial charge < -0.3 is 20.1 Å². The Morgan fingerprint density at radius 2 is 2.18 bits per heavy atom. The maximum absolute atomic E-state index is 12.2. The molecule has 1 rings (SSSR count). The largest absolute Gasteiger partial charge is 0.477 e. The van der Waals surface area contributed by atoms with Gasteiger partial charge in [-0.2, -0.15) is 0 Å². The van der Waals surface area contributed by atoms with Gasteiger partial charge in [-0.1, -0.05) is 13.8 Å². The van der Waals surface area contributed by atoms with Crippen LogP contribution in [0.5, 0.6) is 5.88 Å². The molecule has 0 aromatic carbocycles. The quantitative estimate of drug-likeness (QED) is 0.681. The van der Waals surface area contributed by atoms with Crippen molar-refractivity contribution in [2.45, 2.75) is 33.3 Å². The number of rotatable bonds is 10. The van der Waals surface area contributed by atoms with E-state index in [2.05, 4.69) is 29.0 Å². The molecule has 6 heteroatoms. The molecule has 1 heterocycles. The zero-order valence-corrected chi connectivity index (χ0v) is 13.7. The summed E-state index contributed by atoms with van der Waals surface area (Å²) in [6.45, 7) is 9.55. The van der Waals surface area contributed by atoms with E-state index in [0.29, 0.717) is 31.0 Å². The van der Waals surface area contributed by atoms with Gasteiger partial charge in [0.2, 0.25) is 5.88 Å². The standard InChI is InChI=1S/C16H27N3O3/c1-4-19(5-2)11-10-17-15(21)14-7-6-9-18-16(14)22-12-8-13(3)20/h6-7,9,13,20H,4-5,8,10-12H2,1-3H3,(H,17,21). The first-order chi connectivity index (χ1) is 10.6. The average molecular weight is 309 g/mol. The molecule has 1 atom stereocenters. The highest BCUT2D eigenvalue weighted by molar-refractivity contribution is 5.96. The normalized spacial score (nSPS) is 12.2. The predicted octanol–water partition coefficient (Wildman–Crippen LogP) is 1.30. The van der Waals surface area contributed by atoms with Crippen LogP contribution in [0, 0.1) is 0 Å². The lowest BCUT2D eigenvalue weighted by molar-refractivity contribution is 0.0942. The maximum Gasteiger partial charge on any atom is 0.256 e. The van der Waals surface area contributed by atoms with Crippen LogP contribution >= 0.6 is 0 Å². The highest BCUT2D eigenvalue weighted by Gasteiger charge is 2.13. The third kappa shape index (κ3) is 6.41. The Balaban J connectivity index is 2.53. The molecule has 1 unspecified atom stereocenters. The number of carbonyl (C=O) groups is 1. The van der Waals surface area contributed by atoms with E-state index in [4.69, 9.17) is 4.74 Å². The molecule has 124 valence electrons. The second kappa shape index (κ2) is 10.1. The second-order valence-corrected chi connectivity index (χ2v) is 5.13. The number of aromatic nitrogens is 1. The molecule has 0 aliphatic rings. The Labute approximate surface area is 132 Å². The zero-order valence-electron chi connectivity index (χ0n) is 13.7. The van der Waals surface area contributed by atoms with E-state index in [1.165, 1.54) is 0 Å². The van der Waals surface area contributed by atoms with E-state index < -0.39 is 6.10 Å². The monoisotopic (exact) mass is 309 g/mol. The van der Waals surface area contributed by atoms with Gasteiger partial charge in [0, 0.05) is 25.7 Å². The van der Waals surface area contributed by atoms with Crippen molar-refractivity contribution in [2.24, 2.45) is 0 Å². The Bertz CT molecular complexity index is 448. The first-order valence-electron chi connectivity index (χ1n) is 7.84. The first kappa shape index (κ1) is 18.4. The minimum Gasteiger partial charge on any atom is -0.477 e. The van der Waals surface area contributed by atoms with Gasteiger partial charge in [0.05, 0.1) is 12.7 Å². The summed E-state index contributed by atoms with van der Waals surface area (Å²) in [5, 5.41) is 12.1. The molecule has 1 aromatic rings. The first-order valence-corrected chi connectivity index (χ1v) is 7.84. The van der Waals surface area contributed by atoms with Crippen LogP contribution in [0.15, 0.2) is 18.3 Å². The van der Waals surface area contributed by atoms with E-state index in [1.54, 1.807) is 25.3 Å². The molecule has 0 saturated carbocycles. The Hall–Kier alpha value is -1.66. The van der Waals surface area contributed by atoms with Crippen LogP contribution in [0.1, 0.15) is 37.6 Å². The number of aliphatic hydroxyl groups is 1. The smallest absolute Gasteiger partial charge is 0.256 e. The Morgan fingerprint density at radius 1 is 1.45 bits per heavy atom. The number of carbonyl (C=O) groups excluding carboxylic acids is 1. The lowest BCUT2D eigenvalue weighted by Crippen LogP contribution is -2.35. The van der Waals surface area contributed by atoms with Gasteiger partial charge in [-0.15, -0.1) is 0 Å². The van der Waals surface area contributed by atoms with E-state index in [-0.39, 0.29) is 5.91 Å². The molecule has 2 N–H and O–H groups in total. The summed E-state index contributed by atoms with van der Waals surface area (Å²) in [6.07, 6.45) is 1.65. The molecule has 0 spiro atoms. The number of amides is 1. The van der Waals surface area contributed by atoms with Crippen LogP contribution in [-0.2, 0) is 0 Å². The highest BCUT2D eigenvalue weighted by Crippen LogP contribution is 2.14. The maximum atomic E-state index is 12.2. The Morgan fingerprint density at radius 3 is 2.82 bits per heavy atom. The van der Waals surface area contributed by atoms with E-state index in [0.717, 1.165) is 19.6 Å². The van der Waals surface area contributed by atoms with Gasteiger partial charge in [-0.25, -0.2) is 4.98 Å². The number of nitrogens with one attached hydrogen (secondary N) is 1. The van der Waals surface area contributed by atoms with Crippen LogP contribution in [0.25, 0.3) is 0 Å². The fourth-order valence-corrected chi connectivity index (χ4v) is 1.97. The van der Waals surface area contributed by atoms with E-state index in [1.807, 2.05) is 0 Å². The third-order valence-corrected chi connectivity index (χ3v) is 3.40. The number of ether oxygens (including phenoxy) is 1. The molecule has 6 nitrogen and oxygen atoms in total. The van der Waals surface area contributed by atoms with Crippen LogP contribution in [0.4, 0.5) is 0 Å². The van der Waals surface area contributed by atoms with Gasteiger partial charge in [0.15, 0.2) is 0 Å². The minimum absolute atomic E-state index is 0.188. The van der Waals surface area contributed by atoms with Gasteiger partial charge in [-0.05, 0) is 32.1 Å². The fraction of sp³-hybridized carbons (Fsp3) is 0.625. The lowest BCUT2D eigenvalue weighted by atomic mass is 10.2. The molecule has 0 aliphatic heterocycles. The van der Waals surface area contributed by atoms with Crippen molar-refractivity contribution in [3.63, 3.8) is 0 Å². The number of pyridine rings is 1.